The van der Waals surface area contributed by atoms with Crippen LogP contribution < -0.4 is 11.1 Å². The number of oxime groups is 1. The zero-order valence-corrected chi connectivity index (χ0v) is 12.2. The lowest BCUT2D eigenvalue weighted by Crippen LogP contribution is -2.39. The number of hydrogen-bond acceptors (Lipinski definition) is 5. The molecule has 8 heteroatoms. The Hall–Kier alpha value is -1.67. The van der Waals surface area contributed by atoms with Gasteiger partial charge in [-0.05, 0) is 18.9 Å². The van der Waals surface area contributed by atoms with Crippen molar-refractivity contribution in [3.05, 3.63) is 35.1 Å². The number of sulfone groups is 1. The lowest BCUT2D eigenvalue weighted by molar-refractivity contribution is 0.318. The number of hydrogen-bond donors (Lipinski definition) is 3. The number of nitrogens with one attached hydrogen (secondary N) is 1. The quantitative estimate of drug-likeness (QED) is 0.326. The van der Waals surface area contributed by atoms with Gasteiger partial charge in [0.1, 0.15) is 5.82 Å². The average molecular weight is 315 g/mol. The fraction of sp³-hybridized carbons (Fsp3) is 0.462. The molecule has 1 saturated heterocycles. The first-order valence-corrected chi connectivity index (χ1v) is 8.43. The van der Waals surface area contributed by atoms with Crippen molar-refractivity contribution in [3.8, 4) is 0 Å². The smallest absolute Gasteiger partial charge is 0.170 e. The minimum atomic E-state index is -2.98. The first-order valence-electron chi connectivity index (χ1n) is 6.61. The van der Waals surface area contributed by atoms with Crippen LogP contribution in [0.5, 0.6) is 0 Å². The van der Waals surface area contributed by atoms with Crippen LogP contribution in [0.2, 0.25) is 0 Å². The van der Waals surface area contributed by atoms with E-state index in [1.807, 2.05) is 0 Å². The molecule has 21 heavy (non-hydrogen) atoms. The van der Waals surface area contributed by atoms with Crippen LogP contribution in [0.15, 0.2) is 23.4 Å². The Kier molecular flexibility index (Phi) is 4.79. The number of benzene rings is 1. The Morgan fingerprint density at radius 2 is 2.29 bits per heavy atom. The molecule has 1 unspecified atom stereocenters. The first-order chi connectivity index (χ1) is 9.91. The summed E-state index contributed by atoms with van der Waals surface area (Å²) in [4.78, 5) is 0. The summed E-state index contributed by atoms with van der Waals surface area (Å²) in [5.41, 5.74) is 6.09. The summed E-state index contributed by atoms with van der Waals surface area (Å²) in [5, 5.41) is 14.4. The summed E-state index contributed by atoms with van der Waals surface area (Å²) in [6.07, 6.45) is 1.40. The van der Waals surface area contributed by atoms with Crippen molar-refractivity contribution in [1.29, 1.82) is 0 Å². The van der Waals surface area contributed by atoms with Gasteiger partial charge in [0.05, 0.1) is 11.5 Å². The summed E-state index contributed by atoms with van der Waals surface area (Å²) in [7, 11) is -2.98. The molecular weight excluding hydrogens is 297 g/mol. The molecule has 0 bridgehead atoms. The maximum absolute atomic E-state index is 13.9. The Bertz CT molecular complexity index is 646. The second-order valence-corrected chi connectivity index (χ2v) is 7.35. The molecule has 2 rings (SSSR count). The lowest BCUT2D eigenvalue weighted by Gasteiger charge is -2.23. The predicted molar refractivity (Wildman–Crippen MR) is 77.4 cm³/mol. The van der Waals surface area contributed by atoms with Crippen LogP contribution in [0.1, 0.15) is 24.0 Å². The third-order valence-electron chi connectivity index (χ3n) is 3.50. The Balaban J connectivity index is 2.00. The first kappa shape index (κ1) is 15.7. The summed E-state index contributed by atoms with van der Waals surface area (Å²) < 4.78 is 37.0. The molecule has 0 radical (unpaired) electrons. The largest absolute Gasteiger partial charge is 0.409 e. The fourth-order valence-electron chi connectivity index (χ4n) is 2.35. The zero-order valence-electron chi connectivity index (χ0n) is 11.4. The number of nitrogens with two attached hydrogens (primary N) is 1. The van der Waals surface area contributed by atoms with Crippen LogP contribution in [0, 0.1) is 5.82 Å². The van der Waals surface area contributed by atoms with E-state index < -0.39 is 15.7 Å². The van der Waals surface area contributed by atoms with Gasteiger partial charge in [-0.3, -0.25) is 0 Å². The number of rotatable bonds is 4. The zero-order chi connectivity index (χ0) is 15.5. The summed E-state index contributed by atoms with van der Waals surface area (Å²) >= 11 is 0. The molecule has 4 N–H and O–H groups in total. The van der Waals surface area contributed by atoms with Crippen LogP contribution >= 0.6 is 0 Å². The molecular formula is C13H18FN3O3S. The van der Waals surface area contributed by atoms with Crippen molar-refractivity contribution >= 4 is 15.7 Å². The maximum atomic E-state index is 13.9. The van der Waals surface area contributed by atoms with Gasteiger partial charge in [-0.15, -0.1) is 0 Å². The number of amidine groups is 1. The van der Waals surface area contributed by atoms with Crippen LogP contribution in [0.4, 0.5) is 4.39 Å². The highest BCUT2D eigenvalue weighted by Crippen LogP contribution is 2.14. The van der Waals surface area contributed by atoms with Gasteiger partial charge in [0.2, 0.25) is 0 Å². The maximum Gasteiger partial charge on any atom is 0.170 e. The third kappa shape index (κ3) is 4.15. The molecule has 1 aliphatic rings. The van der Waals surface area contributed by atoms with E-state index in [1.165, 1.54) is 12.1 Å². The second-order valence-electron chi connectivity index (χ2n) is 5.13. The fourth-order valence-corrected chi connectivity index (χ4v) is 4.02. The van der Waals surface area contributed by atoms with Gasteiger partial charge < -0.3 is 16.3 Å². The molecule has 1 fully saturated rings. The van der Waals surface area contributed by atoms with Crippen molar-refractivity contribution < 1.29 is 18.0 Å². The highest BCUT2D eigenvalue weighted by atomic mass is 32.2. The van der Waals surface area contributed by atoms with Crippen molar-refractivity contribution in [2.45, 2.75) is 25.4 Å². The second kappa shape index (κ2) is 6.40. The summed E-state index contributed by atoms with van der Waals surface area (Å²) in [5.74, 6) is -0.317. The molecule has 1 aromatic rings. The van der Waals surface area contributed by atoms with Crippen molar-refractivity contribution in [2.24, 2.45) is 10.9 Å². The minimum Gasteiger partial charge on any atom is -0.409 e. The molecule has 0 aliphatic carbocycles. The Morgan fingerprint density at radius 1 is 1.52 bits per heavy atom. The van der Waals surface area contributed by atoms with Crippen molar-refractivity contribution in [2.75, 3.05) is 11.5 Å². The third-order valence-corrected chi connectivity index (χ3v) is 5.32. The van der Waals surface area contributed by atoms with E-state index in [-0.39, 0.29) is 29.9 Å². The molecule has 6 nitrogen and oxygen atoms in total. The number of halogens is 1. The average Bonchev–Trinajstić information content (AvgIpc) is 2.44. The monoisotopic (exact) mass is 315 g/mol. The standard InChI is InChI=1S/C13H18FN3O3S/c14-12-6-9(13(15)17-18)3-4-10(12)7-16-11-2-1-5-21(19,20)8-11/h3-4,6,11,16,18H,1-2,5,7-8H2,(H2,15,17). The normalized spacial score (nSPS) is 22.1. The highest BCUT2D eigenvalue weighted by molar-refractivity contribution is 7.91. The van der Waals surface area contributed by atoms with E-state index in [1.54, 1.807) is 6.07 Å². The van der Waals surface area contributed by atoms with E-state index in [9.17, 15) is 12.8 Å². The van der Waals surface area contributed by atoms with Crippen molar-refractivity contribution in [1.82, 2.24) is 5.32 Å². The molecule has 0 amide bonds. The van der Waals surface area contributed by atoms with E-state index >= 15 is 0 Å². The highest BCUT2D eigenvalue weighted by Gasteiger charge is 2.24. The summed E-state index contributed by atoms with van der Waals surface area (Å²) in [6.45, 7) is 0.239. The predicted octanol–water partition coefficient (Wildman–Crippen LogP) is 0.587. The molecule has 1 heterocycles. The Morgan fingerprint density at radius 3 is 2.90 bits per heavy atom. The van der Waals surface area contributed by atoms with E-state index in [0.717, 1.165) is 6.42 Å². The molecule has 1 aliphatic heterocycles. The van der Waals surface area contributed by atoms with Crippen LogP contribution in [-0.4, -0.2) is 37.0 Å². The minimum absolute atomic E-state index is 0.0941. The van der Waals surface area contributed by atoms with Gasteiger partial charge in [-0.25, -0.2) is 12.8 Å². The topological polar surface area (TPSA) is 105 Å². The molecule has 1 aromatic carbocycles. The lowest BCUT2D eigenvalue weighted by atomic mass is 10.1. The van der Waals surface area contributed by atoms with Crippen LogP contribution in [-0.2, 0) is 16.4 Å². The van der Waals surface area contributed by atoms with Gasteiger partial charge in [-0.2, -0.15) is 0 Å². The van der Waals surface area contributed by atoms with Crippen LogP contribution in [0.3, 0.4) is 0 Å². The van der Waals surface area contributed by atoms with Crippen molar-refractivity contribution in [3.63, 3.8) is 0 Å². The molecule has 0 aromatic heterocycles. The number of nitrogens with zero attached hydrogens (tertiary/aromatic N) is 1. The molecule has 116 valence electrons. The molecule has 1 atom stereocenters. The van der Waals surface area contributed by atoms with E-state index in [4.69, 9.17) is 10.9 Å². The van der Waals surface area contributed by atoms with Gasteiger partial charge in [0.25, 0.3) is 0 Å². The Labute approximate surface area is 122 Å². The van der Waals surface area contributed by atoms with Gasteiger partial charge >= 0.3 is 0 Å². The van der Waals surface area contributed by atoms with Gasteiger partial charge in [-0.1, -0.05) is 17.3 Å². The van der Waals surface area contributed by atoms with E-state index in [0.29, 0.717) is 17.5 Å². The summed E-state index contributed by atoms with van der Waals surface area (Å²) in [6, 6.07) is 4.12. The van der Waals surface area contributed by atoms with Crippen LogP contribution in [0.25, 0.3) is 0 Å². The SMILES string of the molecule is NC(=NO)c1ccc(CNC2CCCS(=O)(=O)C2)c(F)c1. The molecule has 0 spiro atoms. The van der Waals surface area contributed by atoms with E-state index in [2.05, 4.69) is 10.5 Å². The molecule has 0 saturated carbocycles. The van der Waals surface area contributed by atoms with Gasteiger partial charge in [0.15, 0.2) is 15.7 Å². The van der Waals surface area contributed by atoms with Gasteiger partial charge in [0, 0.05) is 23.7 Å².